The van der Waals surface area contributed by atoms with Crippen molar-refractivity contribution >= 4 is 40.1 Å². The van der Waals surface area contributed by atoms with Crippen LogP contribution in [0.5, 0.6) is 0 Å². The van der Waals surface area contributed by atoms with Crippen LogP contribution in [0.15, 0.2) is 0 Å². The summed E-state index contributed by atoms with van der Waals surface area (Å²) in [4.78, 5) is 2.33. The lowest BCUT2D eigenvalue weighted by Crippen LogP contribution is -2.24. The SMILES string of the molecule is CCSCCCN1CCSC1=S. The Labute approximate surface area is 88.7 Å². The van der Waals surface area contributed by atoms with Gasteiger partial charge in [0.05, 0.1) is 0 Å². The van der Waals surface area contributed by atoms with Gasteiger partial charge >= 0.3 is 0 Å². The molecule has 1 nitrogen and oxygen atoms in total. The standard InChI is InChI=1S/C8H15NS3/c1-2-11-6-3-4-9-5-7-12-8(9)10/h2-7H2,1H3. The molecule has 0 amide bonds. The zero-order valence-electron chi connectivity index (χ0n) is 7.41. The van der Waals surface area contributed by atoms with Gasteiger partial charge in [-0.1, -0.05) is 30.9 Å². The predicted octanol–water partition coefficient (Wildman–Crippen LogP) is 2.46. The molecule has 0 aromatic rings. The average Bonchev–Trinajstić information content (AvgIpc) is 2.46. The molecule has 0 radical (unpaired) electrons. The fraction of sp³-hybridized carbons (Fsp3) is 0.875. The highest BCUT2D eigenvalue weighted by Crippen LogP contribution is 2.18. The molecule has 0 bridgehead atoms. The third kappa shape index (κ3) is 3.54. The first-order valence-electron chi connectivity index (χ1n) is 4.34. The Kier molecular flexibility index (Phi) is 5.43. The molecule has 1 aliphatic rings. The second kappa shape index (κ2) is 6.11. The van der Waals surface area contributed by atoms with E-state index in [1.54, 1.807) is 0 Å². The molecular weight excluding hydrogens is 206 g/mol. The Hall–Kier alpha value is 0.590. The quantitative estimate of drug-likeness (QED) is 0.518. The van der Waals surface area contributed by atoms with E-state index >= 15 is 0 Å². The van der Waals surface area contributed by atoms with Gasteiger partial charge in [0, 0.05) is 18.8 Å². The highest BCUT2D eigenvalue weighted by atomic mass is 32.2. The van der Waals surface area contributed by atoms with Crippen LogP contribution < -0.4 is 0 Å². The van der Waals surface area contributed by atoms with Crippen molar-refractivity contribution in [1.29, 1.82) is 0 Å². The minimum absolute atomic E-state index is 1.11. The number of nitrogens with zero attached hydrogens (tertiary/aromatic N) is 1. The van der Waals surface area contributed by atoms with E-state index < -0.39 is 0 Å². The van der Waals surface area contributed by atoms with Gasteiger partial charge in [0.15, 0.2) is 0 Å². The monoisotopic (exact) mass is 221 g/mol. The van der Waals surface area contributed by atoms with Crippen LogP contribution in [0.3, 0.4) is 0 Å². The minimum atomic E-state index is 1.11. The summed E-state index contributed by atoms with van der Waals surface area (Å²) in [5, 5.41) is 0. The highest BCUT2D eigenvalue weighted by molar-refractivity contribution is 8.23. The molecule has 0 N–H and O–H groups in total. The molecule has 1 fully saturated rings. The van der Waals surface area contributed by atoms with Gasteiger partial charge in [-0.25, -0.2) is 0 Å². The number of hydrogen-bond acceptors (Lipinski definition) is 3. The fourth-order valence-corrected chi connectivity index (χ4v) is 3.04. The van der Waals surface area contributed by atoms with Crippen LogP contribution >= 0.6 is 35.7 Å². The smallest absolute Gasteiger partial charge is 0.136 e. The zero-order chi connectivity index (χ0) is 8.81. The van der Waals surface area contributed by atoms with E-state index in [0.717, 1.165) is 4.32 Å². The molecule has 0 atom stereocenters. The van der Waals surface area contributed by atoms with E-state index in [9.17, 15) is 0 Å². The highest BCUT2D eigenvalue weighted by Gasteiger charge is 2.15. The maximum absolute atomic E-state index is 5.20. The van der Waals surface area contributed by atoms with Crippen LogP contribution in [0.1, 0.15) is 13.3 Å². The summed E-state index contributed by atoms with van der Waals surface area (Å²) < 4.78 is 1.11. The van der Waals surface area contributed by atoms with Crippen molar-refractivity contribution in [3.05, 3.63) is 0 Å². The van der Waals surface area contributed by atoms with Crippen molar-refractivity contribution in [3.63, 3.8) is 0 Å². The Morgan fingerprint density at radius 1 is 1.67 bits per heavy atom. The minimum Gasteiger partial charge on any atom is -0.357 e. The van der Waals surface area contributed by atoms with Gasteiger partial charge < -0.3 is 4.90 Å². The summed E-state index contributed by atoms with van der Waals surface area (Å²) in [5.74, 6) is 3.71. The normalized spacial score (nSPS) is 17.4. The molecule has 0 unspecified atom stereocenters. The first kappa shape index (κ1) is 10.7. The van der Waals surface area contributed by atoms with Crippen LogP contribution in [0.4, 0.5) is 0 Å². The number of thioether (sulfide) groups is 2. The first-order valence-corrected chi connectivity index (χ1v) is 6.89. The van der Waals surface area contributed by atoms with E-state index in [4.69, 9.17) is 12.2 Å². The molecular formula is C8H15NS3. The molecule has 1 rings (SSSR count). The summed E-state index contributed by atoms with van der Waals surface area (Å²) in [6.07, 6.45) is 1.28. The Balaban J connectivity index is 2.02. The number of rotatable bonds is 5. The Bertz CT molecular complexity index is 149. The maximum atomic E-state index is 5.20. The van der Waals surface area contributed by atoms with Crippen molar-refractivity contribution in [2.75, 3.05) is 30.3 Å². The Morgan fingerprint density at radius 3 is 3.08 bits per heavy atom. The molecule has 0 spiro atoms. The van der Waals surface area contributed by atoms with Crippen LogP contribution in [0, 0.1) is 0 Å². The largest absolute Gasteiger partial charge is 0.357 e. The molecule has 1 heterocycles. The summed E-state index contributed by atoms with van der Waals surface area (Å²) in [6.45, 7) is 4.54. The van der Waals surface area contributed by atoms with Gasteiger partial charge in [-0.3, -0.25) is 0 Å². The summed E-state index contributed by atoms with van der Waals surface area (Å²) in [7, 11) is 0. The molecule has 0 aliphatic carbocycles. The zero-order valence-corrected chi connectivity index (χ0v) is 9.86. The van der Waals surface area contributed by atoms with Gasteiger partial charge in [0.25, 0.3) is 0 Å². The summed E-state index contributed by atoms with van der Waals surface area (Å²) in [5.41, 5.74) is 0. The summed E-state index contributed by atoms with van der Waals surface area (Å²) >= 11 is 9.04. The lowest BCUT2D eigenvalue weighted by Gasteiger charge is -2.15. The molecule has 1 saturated heterocycles. The fourth-order valence-electron chi connectivity index (χ4n) is 1.13. The molecule has 4 heteroatoms. The van der Waals surface area contributed by atoms with Gasteiger partial charge in [-0.05, 0) is 17.9 Å². The number of thiocarbonyl (C=S) groups is 1. The van der Waals surface area contributed by atoms with Crippen LogP contribution in [-0.4, -0.2) is 39.6 Å². The molecule has 12 heavy (non-hydrogen) atoms. The molecule has 0 aromatic carbocycles. The molecule has 1 aliphatic heterocycles. The molecule has 0 saturated carbocycles. The van der Waals surface area contributed by atoms with Gasteiger partial charge in [0.1, 0.15) is 4.32 Å². The van der Waals surface area contributed by atoms with E-state index in [1.165, 1.54) is 36.8 Å². The number of hydrogen-bond donors (Lipinski definition) is 0. The third-order valence-electron chi connectivity index (χ3n) is 1.77. The van der Waals surface area contributed by atoms with Crippen molar-refractivity contribution in [1.82, 2.24) is 4.90 Å². The van der Waals surface area contributed by atoms with Crippen LogP contribution in [0.2, 0.25) is 0 Å². The first-order chi connectivity index (χ1) is 5.84. The van der Waals surface area contributed by atoms with Crippen LogP contribution in [-0.2, 0) is 0 Å². The maximum Gasteiger partial charge on any atom is 0.136 e. The van der Waals surface area contributed by atoms with Crippen molar-refractivity contribution in [3.8, 4) is 0 Å². The third-order valence-corrected chi connectivity index (χ3v) is 4.25. The lowest BCUT2D eigenvalue weighted by atomic mass is 10.4. The summed E-state index contributed by atoms with van der Waals surface area (Å²) in [6, 6.07) is 0. The van der Waals surface area contributed by atoms with Crippen molar-refractivity contribution in [2.24, 2.45) is 0 Å². The van der Waals surface area contributed by atoms with Gasteiger partial charge in [-0.2, -0.15) is 11.8 Å². The topological polar surface area (TPSA) is 3.24 Å². The average molecular weight is 221 g/mol. The molecule has 70 valence electrons. The Morgan fingerprint density at radius 2 is 2.50 bits per heavy atom. The second-order valence-electron chi connectivity index (χ2n) is 2.65. The van der Waals surface area contributed by atoms with Gasteiger partial charge in [-0.15, -0.1) is 0 Å². The van der Waals surface area contributed by atoms with E-state index in [2.05, 4.69) is 11.8 Å². The van der Waals surface area contributed by atoms with E-state index in [-0.39, 0.29) is 0 Å². The van der Waals surface area contributed by atoms with Crippen molar-refractivity contribution in [2.45, 2.75) is 13.3 Å². The van der Waals surface area contributed by atoms with E-state index in [1.807, 2.05) is 23.5 Å². The second-order valence-corrected chi connectivity index (χ2v) is 5.77. The van der Waals surface area contributed by atoms with Crippen molar-refractivity contribution < 1.29 is 0 Å². The van der Waals surface area contributed by atoms with Gasteiger partial charge in [0.2, 0.25) is 0 Å². The van der Waals surface area contributed by atoms with Crippen LogP contribution in [0.25, 0.3) is 0 Å². The van der Waals surface area contributed by atoms with E-state index in [0.29, 0.717) is 0 Å². The lowest BCUT2D eigenvalue weighted by molar-refractivity contribution is 0.468. The molecule has 0 aromatic heterocycles. The predicted molar refractivity (Wildman–Crippen MR) is 64.2 cm³/mol.